The largest absolute Gasteiger partial charge is 0.350 e. The van der Waals surface area contributed by atoms with Crippen molar-refractivity contribution in [1.82, 2.24) is 5.32 Å². The third kappa shape index (κ3) is 4.01. The second-order valence-electron chi connectivity index (χ2n) is 3.94. The van der Waals surface area contributed by atoms with Crippen LogP contribution in [-0.2, 0) is 4.79 Å². The van der Waals surface area contributed by atoms with Crippen molar-refractivity contribution in [2.45, 2.75) is 39.2 Å². The molecule has 0 saturated heterocycles. The Kier molecular flexibility index (Phi) is 4.96. The number of rotatable bonds is 5. The predicted octanol–water partition coefficient (Wildman–Crippen LogP) is 3.19. The fourth-order valence-corrected chi connectivity index (χ4v) is 1.49. The molecule has 1 N–H and O–H groups in total. The zero-order chi connectivity index (χ0) is 12.0. The maximum atomic E-state index is 12.7. The van der Waals surface area contributed by atoms with Crippen LogP contribution < -0.4 is 5.32 Å². The molecule has 1 rings (SSSR count). The molecule has 0 fully saturated rings. The molecule has 0 radical (unpaired) electrons. The molecule has 0 aliphatic rings. The molecule has 0 aliphatic heterocycles. The lowest BCUT2D eigenvalue weighted by Crippen LogP contribution is -2.26. The van der Waals surface area contributed by atoms with Crippen molar-refractivity contribution in [2.75, 3.05) is 0 Å². The van der Waals surface area contributed by atoms with E-state index in [1.165, 1.54) is 12.1 Å². The molecule has 1 atom stereocenters. The first kappa shape index (κ1) is 12.7. The normalized spacial score (nSPS) is 12.2. The molecule has 3 heteroatoms. The van der Waals surface area contributed by atoms with Gasteiger partial charge in [-0.2, -0.15) is 0 Å². The summed E-state index contributed by atoms with van der Waals surface area (Å²) in [5, 5.41) is 2.89. The lowest BCUT2D eigenvalue weighted by Gasteiger charge is -2.14. The molecule has 1 aromatic rings. The third-order valence-electron chi connectivity index (χ3n) is 2.50. The quantitative estimate of drug-likeness (QED) is 0.816. The monoisotopic (exact) mass is 223 g/mol. The van der Waals surface area contributed by atoms with Crippen LogP contribution in [0.15, 0.2) is 24.3 Å². The second-order valence-corrected chi connectivity index (χ2v) is 3.94. The molecule has 0 bridgehead atoms. The van der Waals surface area contributed by atoms with Crippen molar-refractivity contribution < 1.29 is 9.18 Å². The number of hydrogen-bond acceptors (Lipinski definition) is 1. The van der Waals surface area contributed by atoms with Crippen LogP contribution in [0.3, 0.4) is 0 Å². The molecule has 16 heavy (non-hydrogen) atoms. The van der Waals surface area contributed by atoms with Crippen LogP contribution in [0.1, 0.15) is 44.7 Å². The predicted molar refractivity (Wildman–Crippen MR) is 62.5 cm³/mol. The number of amides is 1. The minimum absolute atomic E-state index is 0.0543. The van der Waals surface area contributed by atoms with E-state index in [0.29, 0.717) is 6.42 Å². The number of benzene rings is 1. The van der Waals surface area contributed by atoms with Gasteiger partial charge in [0.1, 0.15) is 5.82 Å². The second kappa shape index (κ2) is 6.26. The average molecular weight is 223 g/mol. The molecule has 1 aromatic carbocycles. The first-order chi connectivity index (χ1) is 7.63. The Bertz CT molecular complexity index is 334. The van der Waals surface area contributed by atoms with E-state index in [1.54, 1.807) is 12.1 Å². The molecule has 2 nitrogen and oxygen atoms in total. The van der Waals surface area contributed by atoms with Crippen molar-refractivity contribution >= 4 is 5.91 Å². The van der Waals surface area contributed by atoms with Gasteiger partial charge in [-0.25, -0.2) is 4.39 Å². The lowest BCUT2D eigenvalue weighted by molar-refractivity contribution is -0.121. The van der Waals surface area contributed by atoms with Gasteiger partial charge in [0.05, 0.1) is 6.04 Å². The van der Waals surface area contributed by atoms with Gasteiger partial charge < -0.3 is 5.32 Å². The lowest BCUT2D eigenvalue weighted by atomic mass is 10.1. The van der Waals surface area contributed by atoms with Crippen molar-refractivity contribution in [3.05, 3.63) is 35.6 Å². The summed E-state index contributed by atoms with van der Waals surface area (Å²) >= 11 is 0. The number of unbranched alkanes of at least 4 members (excludes halogenated alkanes) is 1. The summed E-state index contributed by atoms with van der Waals surface area (Å²) in [6.45, 7) is 3.95. The van der Waals surface area contributed by atoms with Gasteiger partial charge in [0.15, 0.2) is 0 Å². The molecular weight excluding hydrogens is 205 g/mol. The van der Waals surface area contributed by atoms with Gasteiger partial charge in [0.2, 0.25) is 5.91 Å². The molecular formula is C13H18FNO. The van der Waals surface area contributed by atoms with Crippen molar-refractivity contribution in [3.63, 3.8) is 0 Å². The molecule has 88 valence electrons. The highest BCUT2D eigenvalue weighted by atomic mass is 19.1. The van der Waals surface area contributed by atoms with Crippen LogP contribution >= 0.6 is 0 Å². The van der Waals surface area contributed by atoms with E-state index >= 15 is 0 Å². The molecule has 1 amide bonds. The number of nitrogens with one attached hydrogen (secondary N) is 1. The third-order valence-corrected chi connectivity index (χ3v) is 2.50. The minimum atomic E-state index is -0.256. The highest BCUT2D eigenvalue weighted by Gasteiger charge is 2.08. The van der Waals surface area contributed by atoms with Gasteiger partial charge in [-0.15, -0.1) is 0 Å². The van der Waals surface area contributed by atoms with Crippen LogP contribution in [0.5, 0.6) is 0 Å². The Labute approximate surface area is 95.9 Å². The summed E-state index contributed by atoms with van der Waals surface area (Å²) in [6, 6.07) is 6.14. The summed E-state index contributed by atoms with van der Waals surface area (Å²) in [4.78, 5) is 11.5. The molecule has 0 unspecified atom stereocenters. The Morgan fingerprint density at radius 1 is 1.38 bits per heavy atom. The number of halogens is 1. The zero-order valence-electron chi connectivity index (χ0n) is 9.79. The average Bonchev–Trinajstić information content (AvgIpc) is 2.27. The van der Waals surface area contributed by atoms with E-state index in [9.17, 15) is 9.18 Å². The zero-order valence-corrected chi connectivity index (χ0v) is 9.79. The SMILES string of the molecule is CCCCC(=O)N[C@H](C)c1ccc(F)cc1. The maximum absolute atomic E-state index is 12.7. The van der Waals surface area contributed by atoms with Gasteiger partial charge >= 0.3 is 0 Å². The number of carbonyl (C=O) groups is 1. The van der Waals surface area contributed by atoms with E-state index in [0.717, 1.165) is 18.4 Å². The first-order valence-electron chi connectivity index (χ1n) is 5.68. The van der Waals surface area contributed by atoms with Gasteiger partial charge in [-0.3, -0.25) is 4.79 Å². The fraction of sp³-hybridized carbons (Fsp3) is 0.462. The Morgan fingerprint density at radius 3 is 2.56 bits per heavy atom. The molecule has 0 saturated carbocycles. The highest BCUT2D eigenvalue weighted by molar-refractivity contribution is 5.76. The highest BCUT2D eigenvalue weighted by Crippen LogP contribution is 2.13. The smallest absolute Gasteiger partial charge is 0.220 e. The van der Waals surface area contributed by atoms with Crippen LogP contribution in [0.4, 0.5) is 4.39 Å². The summed E-state index contributed by atoms with van der Waals surface area (Å²) in [5.41, 5.74) is 0.922. The molecule has 0 heterocycles. The molecule has 0 aromatic heterocycles. The van der Waals surface area contributed by atoms with Crippen LogP contribution in [0.25, 0.3) is 0 Å². The van der Waals surface area contributed by atoms with E-state index in [-0.39, 0.29) is 17.8 Å². The summed E-state index contributed by atoms with van der Waals surface area (Å²) in [5.74, 6) is -0.202. The van der Waals surface area contributed by atoms with E-state index in [1.807, 2.05) is 6.92 Å². The van der Waals surface area contributed by atoms with Gasteiger partial charge in [0, 0.05) is 6.42 Å². The summed E-state index contributed by atoms with van der Waals surface area (Å²) in [7, 11) is 0. The van der Waals surface area contributed by atoms with Crippen LogP contribution in [0.2, 0.25) is 0 Å². The topological polar surface area (TPSA) is 29.1 Å². The van der Waals surface area contributed by atoms with Crippen LogP contribution in [-0.4, -0.2) is 5.91 Å². The van der Waals surface area contributed by atoms with E-state index in [2.05, 4.69) is 12.2 Å². The summed E-state index contributed by atoms with van der Waals surface area (Å²) in [6.07, 6.45) is 2.47. The standard InChI is InChI=1S/C13H18FNO/c1-3-4-5-13(16)15-10(2)11-6-8-12(14)9-7-11/h6-10H,3-5H2,1-2H3,(H,15,16)/t10-/m1/s1. The van der Waals surface area contributed by atoms with E-state index < -0.39 is 0 Å². The molecule has 0 spiro atoms. The Hall–Kier alpha value is -1.38. The minimum Gasteiger partial charge on any atom is -0.350 e. The van der Waals surface area contributed by atoms with Crippen molar-refractivity contribution in [2.24, 2.45) is 0 Å². The Morgan fingerprint density at radius 2 is 2.00 bits per heavy atom. The Balaban J connectivity index is 2.48. The van der Waals surface area contributed by atoms with Gasteiger partial charge in [-0.1, -0.05) is 25.5 Å². The van der Waals surface area contributed by atoms with Gasteiger partial charge in [-0.05, 0) is 31.0 Å². The van der Waals surface area contributed by atoms with Gasteiger partial charge in [0.25, 0.3) is 0 Å². The maximum Gasteiger partial charge on any atom is 0.220 e. The number of hydrogen-bond donors (Lipinski definition) is 1. The van der Waals surface area contributed by atoms with Crippen molar-refractivity contribution in [1.29, 1.82) is 0 Å². The molecule has 0 aliphatic carbocycles. The van der Waals surface area contributed by atoms with Crippen molar-refractivity contribution in [3.8, 4) is 0 Å². The van der Waals surface area contributed by atoms with E-state index in [4.69, 9.17) is 0 Å². The number of carbonyl (C=O) groups excluding carboxylic acids is 1. The van der Waals surface area contributed by atoms with Crippen LogP contribution in [0, 0.1) is 5.82 Å². The first-order valence-corrected chi connectivity index (χ1v) is 5.68. The summed E-state index contributed by atoms with van der Waals surface area (Å²) < 4.78 is 12.7. The fourth-order valence-electron chi connectivity index (χ4n) is 1.49.